The molecule has 0 radical (unpaired) electrons. The number of carboxylic acids is 1. The zero-order chi connectivity index (χ0) is 6.28. The fraction of sp³-hybridized carbons (Fsp3) is 0.400. The van der Waals surface area contributed by atoms with Gasteiger partial charge in [0.05, 0.1) is 0 Å². The van der Waals surface area contributed by atoms with Crippen LogP contribution in [0.2, 0.25) is 0 Å². The standard InChI is InChI=1S/C3H6O2.C2H3.K/c1-2-3(4)5;1-2;/h2H2,1H3,(H,4,5);1H,2H2;/q;-1;+1. The van der Waals surface area contributed by atoms with Gasteiger partial charge in [0.2, 0.25) is 0 Å². The van der Waals surface area contributed by atoms with E-state index in [1.54, 1.807) is 6.92 Å². The van der Waals surface area contributed by atoms with Gasteiger partial charge in [-0.05, 0) is 0 Å². The Bertz CT molecular complexity index is 54.4. The summed E-state index contributed by atoms with van der Waals surface area (Å²) in [5.41, 5.74) is 0. The van der Waals surface area contributed by atoms with Crippen LogP contribution >= 0.6 is 0 Å². The Morgan fingerprint density at radius 3 is 1.88 bits per heavy atom. The summed E-state index contributed by atoms with van der Waals surface area (Å²) in [7, 11) is 0. The average molecular weight is 140 g/mol. The van der Waals surface area contributed by atoms with Crippen LogP contribution in [0.4, 0.5) is 0 Å². The minimum absolute atomic E-state index is 0. The van der Waals surface area contributed by atoms with Gasteiger partial charge in [-0.2, -0.15) is 0 Å². The molecular weight excluding hydrogens is 131 g/mol. The Hall–Kier alpha value is 0.846. The van der Waals surface area contributed by atoms with Crippen LogP contribution in [0, 0.1) is 6.58 Å². The molecule has 0 fully saturated rings. The van der Waals surface area contributed by atoms with Crippen molar-refractivity contribution in [1.29, 1.82) is 0 Å². The molecule has 0 aromatic heterocycles. The molecule has 0 unspecified atom stereocenters. The van der Waals surface area contributed by atoms with Gasteiger partial charge in [-0.25, -0.2) is 0 Å². The second-order valence-corrected chi connectivity index (χ2v) is 0.747. The van der Waals surface area contributed by atoms with Crippen LogP contribution in [0.5, 0.6) is 0 Å². The topological polar surface area (TPSA) is 37.3 Å². The molecule has 0 aliphatic carbocycles. The molecule has 42 valence electrons. The van der Waals surface area contributed by atoms with Crippen LogP contribution in [0.1, 0.15) is 13.3 Å². The smallest absolute Gasteiger partial charge is 0.521 e. The van der Waals surface area contributed by atoms with Gasteiger partial charge in [0.15, 0.2) is 0 Å². The predicted molar refractivity (Wildman–Crippen MR) is 27.9 cm³/mol. The van der Waals surface area contributed by atoms with Crippen molar-refractivity contribution < 1.29 is 61.3 Å². The molecule has 0 bridgehead atoms. The van der Waals surface area contributed by atoms with Gasteiger partial charge in [0.25, 0.3) is 0 Å². The van der Waals surface area contributed by atoms with E-state index in [4.69, 9.17) is 5.11 Å². The summed E-state index contributed by atoms with van der Waals surface area (Å²) in [5, 5.41) is 7.72. The van der Waals surface area contributed by atoms with Crippen LogP contribution in [-0.4, -0.2) is 11.1 Å². The van der Waals surface area contributed by atoms with E-state index >= 15 is 0 Å². The van der Waals surface area contributed by atoms with E-state index in [1.165, 1.54) is 0 Å². The molecule has 0 aromatic rings. The van der Waals surface area contributed by atoms with Crippen molar-refractivity contribution in [2.75, 3.05) is 0 Å². The number of hydrogen-bond acceptors (Lipinski definition) is 1. The average Bonchev–Trinajstić information content (AvgIpc) is 1.73. The number of carboxylic acid groups (broad SMARTS) is 1. The monoisotopic (exact) mass is 140 g/mol. The maximum Gasteiger partial charge on any atom is 1.00 e. The van der Waals surface area contributed by atoms with Crippen LogP contribution in [0.3, 0.4) is 0 Å². The summed E-state index contributed by atoms with van der Waals surface area (Å²) in [6.07, 6.45) is 0.222. The zero-order valence-corrected chi connectivity index (χ0v) is 8.47. The summed E-state index contributed by atoms with van der Waals surface area (Å²) >= 11 is 0. The third-order valence-electron chi connectivity index (χ3n) is 0.302. The Labute approximate surface area is 92.4 Å². The second-order valence-electron chi connectivity index (χ2n) is 0.747. The summed E-state index contributed by atoms with van der Waals surface area (Å²) in [5.74, 6) is -0.745. The van der Waals surface area contributed by atoms with Crippen molar-refractivity contribution >= 4 is 5.97 Å². The van der Waals surface area contributed by atoms with Crippen molar-refractivity contribution in [3.05, 3.63) is 13.2 Å². The van der Waals surface area contributed by atoms with E-state index in [0.717, 1.165) is 0 Å². The van der Waals surface area contributed by atoms with Gasteiger partial charge in [0, 0.05) is 6.42 Å². The Kier molecular flexibility index (Phi) is 31.2. The largest absolute Gasteiger partial charge is 1.00 e. The number of rotatable bonds is 1. The Morgan fingerprint density at radius 2 is 1.88 bits per heavy atom. The molecule has 0 rings (SSSR count). The molecule has 0 aromatic carbocycles. The third kappa shape index (κ3) is 28.9. The maximum atomic E-state index is 9.37. The molecule has 0 saturated heterocycles. The Morgan fingerprint density at radius 1 is 1.75 bits per heavy atom. The van der Waals surface area contributed by atoms with E-state index in [1.807, 2.05) is 0 Å². The molecular formula is C5H9KO2. The summed E-state index contributed by atoms with van der Waals surface area (Å²) < 4.78 is 0. The van der Waals surface area contributed by atoms with Gasteiger partial charge < -0.3 is 11.7 Å². The first-order valence-corrected chi connectivity index (χ1v) is 1.90. The van der Waals surface area contributed by atoms with Crippen LogP contribution < -0.4 is 51.4 Å². The number of hydrogen-bond donors (Lipinski definition) is 1. The van der Waals surface area contributed by atoms with E-state index < -0.39 is 5.97 Å². The third-order valence-corrected chi connectivity index (χ3v) is 0.302. The van der Waals surface area contributed by atoms with Crippen molar-refractivity contribution in [2.24, 2.45) is 0 Å². The quantitative estimate of drug-likeness (QED) is 0.341. The zero-order valence-electron chi connectivity index (χ0n) is 5.35. The van der Waals surface area contributed by atoms with Crippen LogP contribution in [0.25, 0.3) is 0 Å². The van der Waals surface area contributed by atoms with Gasteiger partial charge in [-0.3, -0.25) is 11.4 Å². The Balaban J connectivity index is -0.0000000750. The van der Waals surface area contributed by atoms with E-state index in [-0.39, 0.29) is 57.8 Å². The van der Waals surface area contributed by atoms with E-state index in [9.17, 15) is 4.79 Å². The molecule has 8 heavy (non-hydrogen) atoms. The molecule has 0 spiro atoms. The minimum Gasteiger partial charge on any atom is -0.521 e. The van der Waals surface area contributed by atoms with Gasteiger partial charge >= 0.3 is 57.4 Å². The van der Waals surface area contributed by atoms with Crippen molar-refractivity contribution in [2.45, 2.75) is 13.3 Å². The summed E-state index contributed by atoms with van der Waals surface area (Å²) in [6.45, 7) is 8.60. The minimum atomic E-state index is -0.745. The summed E-state index contributed by atoms with van der Waals surface area (Å²) in [4.78, 5) is 9.37. The molecule has 3 heteroatoms. The van der Waals surface area contributed by atoms with Gasteiger partial charge in [-0.1, -0.05) is 6.92 Å². The first kappa shape index (κ1) is 15.9. The number of aliphatic carboxylic acids is 1. The van der Waals surface area contributed by atoms with Crippen LogP contribution in [0.15, 0.2) is 6.58 Å². The summed E-state index contributed by atoms with van der Waals surface area (Å²) in [6, 6.07) is 0. The van der Waals surface area contributed by atoms with Crippen LogP contribution in [-0.2, 0) is 4.79 Å². The molecule has 0 heterocycles. The molecule has 2 nitrogen and oxygen atoms in total. The number of carbonyl (C=O) groups is 1. The van der Waals surface area contributed by atoms with Crippen molar-refractivity contribution in [3.63, 3.8) is 0 Å². The normalized spacial score (nSPS) is 5.12. The van der Waals surface area contributed by atoms with Gasteiger partial charge in [0.1, 0.15) is 0 Å². The van der Waals surface area contributed by atoms with Crippen molar-refractivity contribution in [3.8, 4) is 0 Å². The SMILES string of the molecule is CCC(=O)O.[CH-]=C.[K+]. The first-order chi connectivity index (χ1) is 3.27. The molecule has 0 saturated carbocycles. The van der Waals surface area contributed by atoms with E-state index in [2.05, 4.69) is 13.2 Å². The van der Waals surface area contributed by atoms with Crippen molar-refractivity contribution in [1.82, 2.24) is 0 Å². The predicted octanol–water partition coefficient (Wildman–Crippen LogP) is -1.91. The molecule has 1 N–H and O–H groups in total. The van der Waals surface area contributed by atoms with E-state index in [0.29, 0.717) is 0 Å². The molecule has 0 aliphatic rings. The maximum absolute atomic E-state index is 9.37. The fourth-order valence-corrected chi connectivity index (χ4v) is 0. The molecule has 0 amide bonds. The second kappa shape index (κ2) is 15.7. The molecule has 0 aliphatic heterocycles. The van der Waals surface area contributed by atoms with Gasteiger partial charge in [-0.15, -0.1) is 0 Å². The first-order valence-electron chi connectivity index (χ1n) is 1.90. The molecule has 0 atom stereocenters. The fourth-order valence-electron chi connectivity index (χ4n) is 0.